The van der Waals surface area contributed by atoms with E-state index >= 15 is 0 Å². The van der Waals surface area contributed by atoms with Gasteiger partial charge in [0.15, 0.2) is 0 Å². The van der Waals surface area contributed by atoms with Crippen LogP contribution in [0.2, 0.25) is 0 Å². The monoisotopic (exact) mass is 555 g/mol. The van der Waals surface area contributed by atoms with Gasteiger partial charge < -0.3 is 26.4 Å². The zero-order valence-corrected chi connectivity index (χ0v) is 24.2. The molecule has 0 bridgehead atoms. The fourth-order valence-electron chi connectivity index (χ4n) is 4.58. The largest absolute Gasteiger partial charge is 0.397 e. The van der Waals surface area contributed by atoms with Crippen molar-refractivity contribution in [1.82, 2.24) is 10.2 Å². The van der Waals surface area contributed by atoms with E-state index in [1.807, 2.05) is 48.5 Å². The van der Waals surface area contributed by atoms with Gasteiger partial charge in [-0.1, -0.05) is 69.3 Å². The molecule has 8 heteroatoms. The Hall–Kier alpha value is -3.98. The Morgan fingerprint density at radius 3 is 2.29 bits per heavy atom. The summed E-state index contributed by atoms with van der Waals surface area (Å²) in [6, 6.07) is 22.2. The van der Waals surface area contributed by atoms with Crippen LogP contribution >= 0.6 is 0 Å². The van der Waals surface area contributed by atoms with Crippen LogP contribution in [0.5, 0.6) is 0 Å². The predicted molar refractivity (Wildman–Crippen MR) is 167 cm³/mol. The van der Waals surface area contributed by atoms with Gasteiger partial charge in [-0.05, 0) is 52.4 Å². The van der Waals surface area contributed by atoms with Crippen molar-refractivity contribution in [2.24, 2.45) is 0 Å². The number of morpholine rings is 1. The number of nitrogen functional groups attached to an aromatic ring is 1. The zero-order chi connectivity index (χ0) is 29.2. The van der Waals surface area contributed by atoms with Crippen molar-refractivity contribution in [2.75, 3.05) is 55.8 Å². The maximum atomic E-state index is 13.5. The van der Waals surface area contributed by atoms with Gasteiger partial charge in [0.25, 0.3) is 0 Å². The maximum absolute atomic E-state index is 13.5. The van der Waals surface area contributed by atoms with Gasteiger partial charge in [0.1, 0.15) is 6.04 Å². The topological polar surface area (TPSA) is 109 Å². The second-order valence-electron chi connectivity index (χ2n) is 11.2. The molecule has 0 saturated carbocycles. The van der Waals surface area contributed by atoms with Crippen LogP contribution < -0.4 is 21.7 Å². The molecule has 3 aromatic carbocycles. The van der Waals surface area contributed by atoms with E-state index in [4.69, 9.17) is 10.5 Å². The number of hydrogen-bond donors (Lipinski definition) is 4. The highest BCUT2D eigenvalue weighted by Gasteiger charge is 2.21. The van der Waals surface area contributed by atoms with Gasteiger partial charge >= 0.3 is 0 Å². The normalized spacial score (nSPS) is 15.0. The van der Waals surface area contributed by atoms with Gasteiger partial charge in [0.2, 0.25) is 11.8 Å². The molecule has 1 unspecified atom stereocenters. The van der Waals surface area contributed by atoms with Crippen LogP contribution in [0.15, 0.2) is 78.9 Å². The molecule has 0 aliphatic carbocycles. The third kappa shape index (κ3) is 9.01. The van der Waals surface area contributed by atoms with E-state index in [0.717, 1.165) is 49.7 Å². The van der Waals surface area contributed by atoms with Crippen molar-refractivity contribution in [3.8, 4) is 0 Å². The molecule has 1 aliphatic heterocycles. The smallest absolute Gasteiger partial charge is 0.248 e. The van der Waals surface area contributed by atoms with E-state index in [-0.39, 0.29) is 17.2 Å². The third-order valence-corrected chi connectivity index (χ3v) is 7.08. The Kier molecular flexibility index (Phi) is 10.3. The molecule has 0 aromatic heterocycles. The first-order valence-electron chi connectivity index (χ1n) is 14.1. The Balaban J connectivity index is 1.43. The van der Waals surface area contributed by atoms with E-state index in [1.165, 1.54) is 11.6 Å². The molecule has 1 aliphatic rings. The molecule has 2 amide bonds. The number of rotatable bonds is 10. The minimum absolute atomic E-state index is 0.0396. The molecule has 5 N–H and O–H groups in total. The molecular formula is C33H41N5O3. The first kappa shape index (κ1) is 30.0. The molecular weight excluding hydrogens is 514 g/mol. The van der Waals surface area contributed by atoms with Crippen molar-refractivity contribution in [2.45, 2.75) is 32.2 Å². The summed E-state index contributed by atoms with van der Waals surface area (Å²) in [6.07, 6.45) is 3.20. The van der Waals surface area contributed by atoms with E-state index < -0.39 is 6.04 Å². The zero-order valence-electron chi connectivity index (χ0n) is 24.2. The number of carbonyl (C=O) groups excluding carboxylic acids is 2. The van der Waals surface area contributed by atoms with Crippen LogP contribution in [0.1, 0.15) is 43.5 Å². The number of ether oxygens (including phenoxy) is 1. The van der Waals surface area contributed by atoms with Crippen LogP contribution in [-0.4, -0.2) is 56.1 Å². The number of nitrogens with zero attached hydrogens (tertiary/aromatic N) is 1. The highest BCUT2D eigenvalue weighted by atomic mass is 16.5. The van der Waals surface area contributed by atoms with Crippen molar-refractivity contribution in [3.05, 3.63) is 95.6 Å². The first-order chi connectivity index (χ1) is 19.7. The lowest BCUT2D eigenvalue weighted by molar-refractivity contribution is -0.118. The van der Waals surface area contributed by atoms with Crippen LogP contribution in [0.4, 0.5) is 17.1 Å². The van der Waals surface area contributed by atoms with Crippen LogP contribution in [0.25, 0.3) is 6.08 Å². The summed E-state index contributed by atoms with van der Waals surface area (Å²) in [5.41, 5.74) is 10.7. The van der Waals surface area contributed by atoms with Crippen molar-refractivity contribution in [3.63, 3.8) is 0 Å². The van der Waals surface area contributed by atoms with Gasteiger partial charge in [-0.2, -0.15) is 0 Å². The molecule has 4 rings (SSSR count). The lowest BCUT2D eigenvalue weighted by Gasteiger charge is -2.27. The summed E-state index contributed by atoms with van der Waals surface area (Å²) in [4.78, 5) is 28.2. The molecule has 3 aromatic rings. The van der Waals surface area contributed by atoms with Gasteiger partial charge in [0.05, 0.1) is 24.6 Å². The number of para-hydroxylation sites is 2. The van der Waals surface area contributed by atoms with Gasteiger partial charge in [-0.3, -0.25) is 14.5 Å². The lowest BCUT2D eigenvalue weighted by Crippen LogP contribution is -2.42. The van der Waals surface area contributed by atoms with Crippen LogP contribution in [0.3, 0.4) is 0 Å². The third-order valence-electron chi connectivity index (χ3n) is 7.08. The van der Waals surface area contributed by atoms with Crippen molar-refractivity contribution in [1.29, 1.82) is 0 Å². The molecule has 1 heterocycles. The highest BCUT2D eigenvalue weighted by Crippen LogP contribution is 2.24. The summed E-state index contributed by atoms with van der Waals surface area (Å²) < 4.78 is 5.45. The summed E-state index contributed by atoms with van der Waals surface area (Å²) in [6.45, 7) is 11.2. The van der Waals surface area contributed by atoms with E-state index in [1.54, 1.807) is 18.2 Å². The predicted octanol–water partition coefficient (Wildman–Crippen LogP) is 4.82. The Bertz CT molecular complexity index is 1320. The molecule has 1 atom stereocenters. The Morgan fingerprint density at radius 2 is 1.63 bits per heavy atom. The van der Waals surface area contributed by atoms with Crippen LogP contribution in [0, 0.1) is 0 Å². The minimum atomic E-state index is -0.541. The Labute approximate surface area is 243 Å². The number of benzene rings is 3. The number of amides is 2. The quantitative estimate of drug-likeness (QED) is 0.211. The molecule has 0 spiro atoms. The minimum Gasteiger partial charge on any atom is -0.397 e. The average molecular weight is 556 g/mol. The number of carbonyl (C=O) groups is 2. The van der Waals surface area contributed by atoms with Gasteiger partial charge in [0, 0.05) is 37.9 Å². The summed E-state index contributed by atoms with van der Waals surface area (Å²) in [7, 11) is 0. The summed E-state index contributed by atoms with van der Waals surface area (Å²) in [5, 5.41) is 9.32. The van der Waals surface area contributed by atoms with Gasteiger partial charge in [-0.25, -0.2) is 0 Å². The first-order valence-corrected chi connectivity index (χ1v) is 14.1. The second-order valence-corrected chi connectivity index (χ2v) is 11.2. The van der Waals surface area contributed by atoms with Crippen molar-refractivity contribution >= 4 is 35.0 Å². The summed E-state index contributed by atoms with van der Waals surface area (Å²) in [5.74, 6) is -0.398. The Morgan fingerprint density at radius 1 is 0.951 bits per heavy atom. The van der Waals surface area contributed by atoms with E-state index in [2.05, 4.69) is 53.8 Å². The van der Waals surface area contributed by atoms with Crippen LogP contribution in [-0.2, 0) is 19.7 Å². The SMILES string of the molecule is CC(C)(C)c1ccc(NC(=O)C(NCCN2CCOCC2)c2ccc(C=CC(=O)Nc3ccccc3N)cc2)cc1. The molecule has 1 saturated heterocycles. The highest BCUT2D eigenvalue weighted by molar-refractivity contribution is 6.03. The van der Waals surface area contributed by atoms with E-state index in [0.29, 0.717) is 17.9 Å². The molecule has 41 heavy (non-hydrogen) atoms. The van der Waals surface area contributed by atoms with E-state index in [9.17, 15) is 9.59 Å². The standard InChI is InChI=1S/C33H41N5O3/c1-33(2,3)26-13-15-27(16-14-26)36-32(40)31(35-18-19-38-20-22-41-23-21-38)25-11-8-24(9-12-25)10-17-30(39)37-29-7-5-4-6-28(29)34/h4-17,31,35H,18-23,34H2,1-3H3,(H,36,40)(H,37,39). The number of nitrogens with one attached hydrogen (secondary N) is 3. The number of nitrogens with two attached hydrogens (primary N) is 1. The number of hydrogen-bond acceptors (Lipinski definition) is 6. The molecule has 1 fully saturated rings. The summed E-state index contributed by atoms with van der Waals surface area (Å²) >= 11 is 0. The average Bonchev–Trinajstić information content (AvgIpc) is 2.96. The fourth-order valence-corrected chi connectivity index (χ4v) is 4.58. The number of anilines is 3. The lowest BCUT2D eigenvalue weighted by atomic mass is 9.87. The molecule has 0 radical (unpaired) electrons. The van der Waals surface area contributed by atoms with Gasteiger partial charge in [-0.15, -0.1) is 0 Å². The fraction of sp³-hybridized carbons (Fsp3) is 0.333. The maximum Gasteiger partial charge on any atom is 0.248 e. The molecule has 216 valence electrons. The second kappa shape index (κ2) is 14.1. The molecule has 8 nitrogen and oxygen atoms in total. The van der Waals surface area contributed by atoms with Crippen molar-refractivity contribution < 1.29 is 14.3 Å².